The smallest absolute Gasteiger partial charge is 0.160 e. The third kappa shape index (κ3) is 6.51. The van der Waals surface area contributed by atoms with Gasteiger partial charge in [-0.3, -0.25) is 0 Å². The highest BCUT2D eigenvalue weighted by Gasteiger charge is 2.46. The first-order valence-corrected chi connectivity index (χ1v) is 23.2. The van der Waals surface area contributed by atoms with Crippen LogP contribution >= 0.6 is 0 Å². The van der Waals surface area contributed by atoms with Gasteiger partial charge in [0.2, 0.25) is 0 Å². The molecule has 10 aromatic carbocycles. The second-order valence-corrected chi connectivity index (χ2v) is 17.6. The van der Waals surface area contributed by atoms with Gasteiger partial charge in [-0.15, -0.1) is 0 Å². The molecule has 0 saturated heterocycles. The van der Waals surface area contributed by atoms with Crippen molar-refractivity contribution in [3.8, 4) is 78.4 Å². The Bertz CT molecular complexity index is 3780. The summed E-state index contributed by atoms with van der Waals surface area (Å²) in [7, 11) is 0. The van der Waals surface area contributed by atoms with E-state index in [1.54, 1.807) is 0 Å². The molecule has 0 atom stereocenters. The number of hydrogen-bond donors (Lipinski definition) is 0. The summed E-state index contributed by atoms with van der Waals surface area (Å²) < 4.78 is 6.43. The number of furan rings is 1. The Morgan fingerprint density at radius 1 is 0.294 bits per heavy atom. The number of nitrogens with zero attached hydrogens (tertiary/aromatic N) is 2. The molecule has 3 nitrogen and oxygen atoms in total. The van der Waals surface area contributed by atoms with Crippen LogP contribution in [0.4, 0.5) is 0 Å². The third-order valence-corrected chi connectivity index (χ3v) is 13.8. The van der Waals surface area contributed by atoms with Crippen LogP contribution in [0.3, 0.4) is 0 Å². The van der Waals surface area contributed by atoms with E-state index in [2.05, 4.69) is 224 Å². The number of para-hydroxylation sites is 2. The van der Waals surface area contributed by atoms with Crippen LogP contribution in [0.5, 0.6) is 0 Å². The predicted molar refractivity (Wildman–Crippen MR) is 279 cm³/mol. The van der Waals surface area contributed by atoms with Gasteiger partial charge in [0.1, 0.15) is 11.2 Å². The molecule has 0 saturated carbocycles. The number of hydrogen-bond acceptors (Lipinski definition) is 3. The van der Waals surface area contributed by atoms with E-state index in [-0.39, 0.29) is 0 Å². The first-order valence-electron chi connectivity index (χ1n) is 23.2. The molecule has 0 bridgehead atoms. The van der Waals surface area contributed by atoms with E-state index in [0.29, 0.717) is 5.82 Å². The van der Waals surface area contributed by atoms with E-state index >= 15 is 0 Å². The molecule has 13 rings (SSSR count). The van der Waals surface area contributed by atoms with Gasteiger partial charge < -0.3 is 4.42 Å². The second-order valence-electron chi connectivity index (χ2n) is 17.6. The molecule has 0 aliphatic heterocycles. The summed E-state index contributed by atoms with van der Waals surface area (Å²) in [6, 6.07) is 91.3. The third-order valence-electron chi connectivity index (χ3n) is 13.8. The SMILES string of the molecule is c1ccc(-c2cc(-c3ccc4c(c3)-c3ccccc3C4(c3ccccc3)c3ccccc3)cc(-c3cc(-c4ccc(-c5cccc6c5oc5ccccc56)cc4)nc(-c4ccccc4)n3)c2)cc1. The lowest BCUT2D eigenvalue weighted by Gasteiger charge is -2.33. The van der Waals surface area contributed by atoms with Gasteiger partial charge in [0, 0.05) is 33.0 Å². The fourth-order valence-electron chi connectivity index (χ4n) is 10.6. The zero-order chi connectivity index (χ0) is 45.0. The van der Waals surface area contributed by atoms with Crippen LogP contribution in [0.1, 0.15) is 22.3 Å². The lowest BCUT2D eigenvalue weighted by atomic mass is 9.67. The van der Waals surface area contributed by atoms with Gasteiger partial charge in [0.15, 0.2) is 5.82 Å². The fourth-order valence-corrected chi connectivity index (χ4v) is 10.6. The van der Waals surface area contributed by atoms with E-state index in [0.717, 1.165) is 83.4 Å². The molecule has 318 valence electrons. The zero-order valence-corrected chi connectivity index (χ0v) is 37.1. The van der Waals surface area contributed by atoms with E-state index in [1.165, 1.54) is 33.4 Å². The van der Waals surface area contributed by atoms with E-state index in [9.17, 15) is 0 Å². The maximum Gasteiger partial charge on any atom is 0.160 e. The molecule has 12 aromatic rings. The molecule has 0 radical (unpaired) electrons. The average Bonchev–Trinajstić information content (AvgIpc) is 3.96. The largest absolute Gasteiger partial charge is 0.455 e. The topological polar surface area (TPSA) is 38.9 Å². The molecule has 0 spiro atoms. The van der Waals surface area contributed by atoms with Crippen molar-refractivity contribution in [3.63, 3.8) is 0 Å². The summed E-state index contributed by atoms with van der Waals surface area (Å²) in [4.78, 5) is 10.6. The number of rotatable bonds is 8. The van der Waals surface area contributed by atoms with Gasteiger partial charge in [-0.1, -0.05) is 218 Å². The summed E-state index contributed by atoms with van der Waals surface area (Å²) in [6.07, 6.45) is 0. The maximum atomic E-state index is 6.43. The van der Waals surface area contributed by atoms with Gasteiger partial charge in [-0.25, -0.2) is 9.97 Å². The van der Waals surface area contributed by atoms with Gasteiger partial charge in [-0.2, -0.15) is 0 Å². The van der Waals surface area contributed by atoms with Crippen LogP contribution in [0.15, 0.2) is 259 Å². The lowest BCUT2D eigenvalue weighted by Crippen LogP contribution is -2.28. The quantitative estimate of drug-likeness (QED) is 0.153. The van der Waals surface area contributed by atoms with Crippen LogP contribution in [0.2, 0.25) is 0 Å². The van der Waals surface area contributed by atoms with Gasteiger partial charge in [-0.05, 0) is 97.6 Å². The Balaban J connectivity index is 0.967. The van der Waals surface area contributed by atoms with Crippen molar-refractivity contribution >= 4 is 21.9 Å². The molecule has 1 aliphatic carbocycles. The number of aromatic nitrogens is 2. The first kappa shape index (κ1) is 39.4. The zero-order valence-electron chi connectivity index (χ0n) is 37.1. The molecule has 68 heavy (non-hydrogen) atoms. The Morgan fingerprint density at radius 3 is 1.53 bits per heavy atom. The van der Waals surface area contributed by atoms with Gasteiger partial charge >= 0.3 is 0 Å². The molecule has 0 N–H and O–H groups in total. The van der Waals surface area contributed by atoms with Gasteiger partial charge in [0.05, 0.1) is 16.8 Å². The van der Waals surface area contributed by atoms with Crippen LogP contribution < -0.4 is 0 Å². The summed E-state index contributed by atoms with van der Waals surface area (Å²) in [5.74, 6) is 0.674. The Hall–Kier alpha value is -8.92. The van der Waals surface area contributed by atoms with Crippen LogP contribution in [-0.2, 0) is 5.41 Å². The van der Waals surface area contributed by atoms with Crippen molar-refractivity contribution in [1.29, 1.82) is 0 Å². The van der Waals surface area contributed by atoms with E-state index in [4.69, 9.17) is 14.4 Å². The molecule has 3 heteroatoms. The molecule has 2 heterocycles. The van der Waals surface area contributed by atoms with Crippen molar-refractivity contribution in [2.45, 2.75) is 5.41 Å². The number of benzene rings is 10. The van der Waals surface area contributed by atoms with Crippen LogP contribution in [0, 0.1) is 0 Å². The standard InChI is InChI=1S/C65H42N2O/c1-5-18-43(19-6-1)48-38-49(47-36-37-59-57(41-47)54-26-13-15-30-58(54)65(59,51-22-9-3-10-23-51)52-24-11-4-12-25-52)40-50(39-48)61-42-60(66-64(67-61)46-20-7-2-8-21-46)45-34-32-44(33-35-45)53-28-17-29-56-55-27-14-16-31-62(55)68-63(53)56/h1-42H. The minimum absolute atomic E-state index is 0.464. The highest BCUT2D eigenvalue weighted by molar-refractivity contribution is 6.09. The van der Waals surface area contributed by atoms with Crippen molar-refractivity contribution in [3.05, 3.63) is 277 Å². The molecule has 0 fully saturated rings. The molecule has 0 unspecified atom stereocenters. The highest BCUT2D eigenvalue weighted by Crippen LogP contribution is 2.56. The number of fused-ring (bicyclic) bond motifs is 6. The minimum Gasteiger partial charge on any atom is -0.455 e. The molecule has 0 amide bonds. The van der Waals surface area contributed by atoms with Crippen molar-refractivity contribution in [2.24, 2.45) is 0 Å². The highest BCUT2D eigenvalue weighted by atomic mass is 16.3. The maximum absolute atomic E-state index is 6.43. The van der Waals surface area contributed by atoms with Crippen molar-refractivity contribution < 1.29 is 4.42 Å². The molecular formula is C65H42N2O. The fraction of sp³-hybridized carbons (Fsp3) is 0.0154. The molecule has 2 aromatic heterocycles. The predicted octanol–water partition coefficient (Wildman–Crippen LogP) is 16.7. The summed E-state index contributed by atoms with van der Waals surface area (Å²) in [5.41, 5.74) is 20.2. The van der Waals surface area contributed by atoms with Crippen LogP contribution in [-0.4, -0.2) is 9.97 Å². The van der Waals surface area contributed by atoms with E-state index < -0.39 is 5.41 Å². The Kier molecular flexibility index (Phi) is 9.40. The van der Waals surface area contributed by atoms with Crippen molar-refractivity contribution in [1.82, 2.24) is 9.97 Å². The summed E-state index contributed by atoms with van der Waals surface area (Å²) in [5, 5.41) is 2.24. The Labute approximate surface area is 395 Å². The van der Waals surface area contributed by atoms with Gasteiger partial charge in [0.25, 0.3) is 0 Å². The van der Waals surface area contributed by atoms with Crippen molar-refractivity contribution in [2.75, 3.05) is 0 Å². The first-order chi connectivity index (χ1) is 33.7. The summed E-state index contributed by atoms with van der Waals surface area (Å²) >= 11 is 0. The normalized spacial score (nSPS) is 12.5. The molecular weight excluding hydrogens is 825 g/mol. The molecule has 1 aliphatic rings. The van der Waals surface area contributed by atoms with E-state index in [1.807, 2.05) is 30.3 Å². The second kappa shape index (κ2) is 16.2. The average molecular weight is 867 g/mol. The summed E-state index contributed by atoms with van der Waals surface area (Å²) in [6.45, 7) is 0. The Morgan fingerprint density at radius 2 is 0.809 bits per heavy atom. The van der Waals surface area contributed by atoms with Crippen LogP contribution in [0.25, 0.3) is 100 Å². The monoisotopic (exact) mass is 866 g/mol. The lowest BCUT2D eigenvalue weighted by molar-refractivity contribution is 0.670. The minimum atomic E-state index is -0.464.